The maximum Gasteiger partial charge on any atom is 0.0576 e. The number of hydrogen-bond acceptors (Lipinski definition) is 2. The van der Waals surface area contributed by atoms with Crippen molar-refractivity contribution in [1.29, 1.82) is 0 Å². The zero-order chi connectivity index (χ0) is 13.9. The minimum atomic E-state index is 0.432. The van der Waals surface area contributed by atoms with Crippen LogP contribution in [0.2, 0.25) is 0 Å². The molecule has 0 spiro atoms. The van der Waals surface area contributed by atoms with E-state index in [4.69, 9.17) is 0 Å². The van der Waals surface area contributed by atoms with E-state index in [1.54, 1.807) is 0 Å². The number of nitrogens with zero attached hydrogens (tertiary/aromatic N) is 1. The lowest BCUT2D eigenvalue weighted by molar-refractivity contribution is 0.459. The first kappa shape index (κ1) is 16.2. The molecule has 0 amide bonds. The molecule has 1 N–H and O–H groups in total. The molecular formula is C17H30N2. The SMILES string of the molecule is CCCCCCCC(NCCC)c1cccc(C)n1. The van der Waals surface area contributed by atoms with Crippen molar-refractivity contribution < 1.29 is 0 Å². The highest BCUT2D eigenvalue weighted by Gasteiger charge is 2.11. The van der Waals surface area contributed by atoms with Crippen molar-refractivity contribution in [3.8, 4) is 0 Å². The summed E-state index contributed by atoms with van der Waals surface area (Å²) in [5, 5.41) is 3.64. The van der Waals surface area contributed by atoms with Gasteiger partial charge in [0.05, 0.1) is 5.69 Å². The van der Waals surface area contributed by atoms with Gasteiger partial charge in [-0.25, -0.2) is 0 Å². The highest BCUT2D eigenvalue weighted by atomic mass is 14.9. The Morgan fingerprint density at radius 1 is 1.05 bits per heavy atom. The van der Waals surface area contributed by atoms with E-state index in [1.165, 1.54) is 50.6 Å². The lowest BCUT2D eigenvalue weighted by atomic mass is 10.0. The Labute approximate surface area is 119 Å². The molecule has 108 valence electrons. The van der Waals surface area contributed by atoms with Gasteiger partial charge in [0.15, 0.2) is 0 Å². The lowest BCUT2D eigenvalue weighted by Gasteiger charge is -2.18. The minimum Gasteiger partial charge on any atom is -0.309 e. The average Bonchev–Trinajstić information content (AvgIpc) is 2.42. The van der Waals surface area contributed by atoms with Gasteiger partial charge < -0.3 is 5.32 Å². The number of pyridine rings is 1. The molecular weight excluding hydrogens is 232 g/mol. The van der Waals surface area contributed by atoms with E-state index in [0.717, 1.165) is 12.2 Å². The molecule has 1 unspecified atom stereocenters. The van der Waals surface area contributed by atoms with Crippen LogP contribution in [-0.2, 0) is 0 Å². The van der Waals surface area contributed by atoms with E-state index in [1.807, 2.05) is 0 Å². The molecule has 0 aromatic carbocycles. The Balaban J connectivity index is 2.47. The topological polar surface area (TPSA) is 24.9 Å². The highest BCUT2D eigenvalue weighted by molar-refractivity contribution is 5.13. The number of unbranched alkanes of at least 4 members (excludes halogenated alkanes) is 4. The summed E-state index contributed by atoms with van der Waals surface area (Å²) in [5.41, 5.74) is 2.33. The number of nitrogens with one attached hydrogen (secondary N) is 1. The maximum absolute atomic E-state index is 4.68. The summed E-state index contributed by atoms with van der Waals surface area (Å²) in [7, 11) is 0. The predicted octanol–water partition coefficient (Wildman–Crippen LogP) is 4.79. The Morgan fingerprint density at radius 2 is 1.84 bits per heavy atom. The minimum absolute atomic E-state index is 0.432. The molecule has 1 aromatic rings. The van der Waals surface area contributed by atoms with Crippen LogP contribution in [0.5, 0.6) is 0 Å². The van der Waals surface area contributed by atoms with Gasteiger partial charge in [-0.05, 0) is 38.4 Å². The molecule has 2 nitrogen and oxygen atoms in total. The summed E-state index contributed by atoms with van der Waals surface area (Å²) < 4.78 is 0. The zero-order valence-corrected chi connectivity index (χ0v) is 12.9. The second-order valence-corrected chi connectivity index (χ2v) is 5.41. The van der Waals surface area contributed by atoms with Gasteiger partial charge in [0, 0.05) is 11.7 Å². The van der Waals surface area contributed by atoms with Crippen LogP contribution in [0, 0.1) is 6.92 Å². The van der Waals surface area contributed by atoms with Crippen molar-refractivity contribution >= 4 is 0 Å². The Morgan fingerprint density at radius 3 is 2.53 bits per heavy atom. The molecule has 19 heavy (non-hydrogen) atoms. The third kappa shape index (κ3) is 6.72. The van der Waals surface area contributed by atoms with Crippen molar-refractivity contribution in [2.24, 2.45) is 0 Å². The number of hydrogen-bond donors (Lipinski definition) is 1. The molecule has 2 heteroatoms. The molecule has 0 aliphatic heterocycles. The van der Waals surface area contributed by atoms with Crippen LogP contribution < -0.4 is 5.32 Å². The van der Waals surface area contributed by atoms with Crippen LogP contribution in [0.25, 0.3) is 0 Å². The largest absolute Gasteiger partial charge is 0.309 e. The first-order valence-electron chi connectivity index (χ1n) is 7.94. The fourth-order valence-electron chi connectivity index (χ4n) is 2.38. The predicted molar refractivity (Wildman–Crippen MR) is 83.4 cm³/mol. The molecule has 0 saturated heterocycles. The molecule has 0 radical (unpaired) electrons. The Hall–Kier alpha value is -0.890. The first-order valence-corrected chi connectivity index (χ1v) is 7.94. The Bertz CT molecular complexity index is 336. The van der Waals surface area contributed by atoms with Gasteiger partial charge in [0.25, 0.3) is 0 Å². The fraction of sp³-hybridized carbons (Fsp3) is 0.706. The van der Waals surface area contributed by atoms with E-state index in [0.29, 0.717) is 6.04 Å². The van der Waals surface area contributed by atoms with Gasteiger partial charge in [0.1, 0.15) is 0 Å². The van der Waals surface area contributed by atoms with Gasteiger partial charge in [-0.2, -0.15) is 0 Å². The summed E-state index contributed by atoms with van der Waals surface area (Å²) in [6, 6.07) is 6.78. The van der Waals surface area contributed by atoms with Crippen molar-refractivity contribution in [2.75, 3.05) is 6.54 Å². The third-order valence-corrected chi connectivity index (χ3v) is 3.50. The van der Waals surface area contributed by atoms with Crippen molar-refractivity contribution in [3.05, 3.63) is 29.6 Å². The summed E-state index contributed by atoms with van der Waals surface area (Å²) in [6.45, 7) is 7.63. The van der Waals surface area contributed by atoms with Crippen molar-refractivity contribution in [3.63, 3.8) is 0 Å². The number of aromatic nitrogens is 1. The summed E-state index contributed by atoms with van der Waals surface area (Å²) in [5.74, 6) is 0. The van der Waals surface area contributed by atoms with E-state index in [-0.39, 0.29) is 0 Å². The molecule has 1 heterocycles. The van der Waals surface area contributed by atoms with Crippen LogP contribution in [0.15, 0.2) is 18.2 Å². The summed E-state index contributed by atoms with van der Waals surface area (Å²) in [4.78, 5) is 4.68. The normalized spacial score (nSPS) is 12.6. The molecule has 1 aromatic heterocycles. The average molecular weight is 262 g/mol. The Kier molecular flexibility index (Phi) is 8.48. The molecule has 0 saturated carbocycles. The van der Waals surface area contributed by atoms with Crippen LogP contribution in [0.4, 0.5) is 0 Å². The van der Waals surface area contributed by atoms with Gasteiger partial charge in [-0.15, -0.1) is 0 Å². The number of rotatable bonds is 10. The van der Waals surface area contributed by atoms with Crippen LogP contribution in [0.1, 0.15) is 76.2 Å². The molecule has 1 rings (SSSR count). The third-order valence-electron chi connectivity index (χ3n) is 3.50. The smallest absolute Gasteiger partial charge is 0.0576 e. The lowest BCUT2D eigenvalue weighted by Crippen LogP contribution is -2.23. The van der Waals surface area contributed by atoms with E-state index < -0.39 is 0 Å². The van der Waals surface area contributed by atoms with Gasteiger partial charge in [-0.3, -0.25) is 4.98 Å². The van der Waals surface area contributed by atoms with Crippen LogP contribution in [0.3, 0.4) is 0 Å². The zero-order valence-electron chi connectivity index (χ0n) is 12.9. The summed E-state index contributed by atoms with van der Waals surface area (Å²) in [6.07, 6.45) is 9.10. The monoisotopic (exact) mass is 262 g/mol. The molecule has 1 atom stereocenters. The maximum atomic E-state index is 4.68. The van der Waals surface area contributed by atoms with Gasteiger partial charge >= 0.3 is 0 Å². The van der Waals surface area contributed by atoms with E-state index in [2.05, 4.69) is 49.3 Å². The second-order valence-electron chi connectivity index (χ2n) is 5.41. The number of aryl methyl sites for hydroxylation is 1. The molecule has 0 aliphatic carbocycles. The first-order chi connectivity index (χ1) is 9.27. The summed E-state index contributed by atoms with van der Waals surface area (Å²) >= 11 is 0. The standard InChI is InChI=1S/C17H30N2/c1-4-6-7-8-9-12-16(18-14-5-2)17-13-10-11-15(3)19-17/h10-11,13,16,18H,4-9,12,14H2,1-3H3. The van der Waals surface area contributed by atoms with E-state index >= 15 is 0 Å². The molecule has 0 fully saturated rings. The van der Waals surface area contributed by atoms with Gasteiger partial charge in [-0.1, -0.05) is 52.0 Å². The highest BCUT2D eigenvalue weighted by Crippen LogP contribution is 2.19. The van der Waals surface area contributed by atoms with Crippen LogP contribution >= 0.6 is 0 Å². The van der Waals surface area contributed by atoms with E-state index in [9.17, 15) is 0 Å². The second kappa shape index (κ2) is 9.96. The van der Waals surface area contributed by atoms with Gasteiger partial charge in [0.2, 0.25) is 0 Å². The van der Waals surface area contributed by atoms with Crippen LogP contribution in [-0.4, -0.2) is 11.5 Å². The quantitative estimate of drug-likeness (QED) is 0.613. The fourth-order valence-corrected chi connectivity index (χ4v) is 2.38. The van der Waals surface area contributed by atoms with Crippen molar-refractivity contribution in [2.45, 2.75) is 71.8 Å². The van der Waals surface area contributed by atoms with Crippen molar-refractivity contribution in [1.82, 2.24) is 10.3 Å². The molecule has 0 aliphatic rings. The molecule has 0 bridgehead atoms.